The highest BCUT2D eigenvalue weighted by Gasteiger charge is 2.49. The van der Waals surface area contributed by atoms with Gasteiger partial charge >= 0.3 is 0 Å². The molecule has 0 fully saturated rings. The summed E-state index contributed by atoms with van der Waals surface area (Å²) in [6.07, 6.45) is 0. The highest BCUT2D eigenvalue weighted by Crippen LogP contribution is 2.54. The van der Waals surface area contributed by atoms with Crippen molar-refractivity contribution in [2.45, 2.75) is 32.2 Å². The monoisotopic (exact) mass is 452 g/mol. The zero-order valence-corrected chi connectivity index (χ0v) is 19.9. The molecule has 2 aliphatic heterocycles. The van der Waals surface area contributed by atoms with Crippen LogP contribution < -0.4 is 20.4 Å². The molecule has 1 N–H and O–H groups in total. The van der Waals surface area contributed by atoms with E-state index < -0.39 is 0 Å². The van der Waals surface area contributed by atoms with Crippen molar-refractivity contribution in [3.8, 4) is 5.75 Å². The zero-order valence-electron chi connectivity index (χ0n) is 19.9. The molecule has 34 heavy (non-hydrogen) atoms. The van der Waals surface area contributed by atoms with Crippen molar-refractivity contribution >= 4 is 28.2 Å². The third kappa shape index (κ3) is 2.96. The molecule has 6 rings (SSSR count). The second-order valence-electron chi connectivity index (χ2n) is 9.96. The summed E-state index contributed by atoms with van der Waals surface area (Å²) in [5, 5.41) is 4.34. The molecule has 0 spiro atoms. The van der Waals surface area contributed by atoms with Gasteiger partial charge in [0.15, 0.2) is 5.43 Å². The Labute approximate surface area is 199 Å². The molecule has 4 aromatic rings. The Morgan fingerprint density at radius 2 is 1.85 bits per heavy atom. The van der Waals surface area contributed by atoms with Gasteiger partial charge in [-0.2, -0.15) is 0 Å². The van der Waals surface area contributed by atoms with E-state index in [-0.39, 0.29) is 22.8 Å². The van der Waals surface area contributed by atoms with Crippen LogP contribution in [-0.2, 0) is 5.41 Å². The molecule has 0 saturated heterocycles. The molecule has 0 amide bonds. The number of methoxy groups -OCH3 is 1. The molecular weight excluding hydrogens is 424 g/mol. The van der Waals surface area contributed by atoms with Crippen LogP contribution in [0.4, 0.5) is 17.3 Å². The van der Waals surface area contributed by atoms with Gasteiger partial charge in [-0.25, -0.2) is 0 Å². The largest absolute Gasteiger partial charge is 0.497 e. The van der Waals surface area contributed by atoms with Gasteiger partial charge in [0, 0.05) is 23.8 Å². The lowest BCUT2D eigenvalue weighted by molar-refractivity contribution is 0.259. The summed E-state index contributed by atoms with van der Waals surface area (Å²) in [5.41, 5.74) is 5.45. The first kappa shape index (κ1) is 20.8. The summed E-state index contributed by atoms with van der Waals surface area (Å²) >= 11 is 0. The third-order valence-corrected chi connectivity index (χ3v) is 7.63. The average molecular weight is 453 g/mol. The Hall–Kier alpha value is -3.73. The molecule has 2 atom stereocenters. The Morgan fingerprint density at radius 1 is 1.06 bits per heavy atom. The van der Waals surface area contributed by atoms with Crippen LogP contribution in [0, 0.1) is 12.8 Å². The van der Waals surface area contributed by atoms with E-state index in [2.05, 4.69) is 48.3 Å². The van der Waals surface area contributed by atoms with E-state index in [1.807, 2.05) is 49.4 Å². The first-order valence-corrected chi connectivity index (χ1v) is 11.7. The van der Waals surface area contributed by atoms with Gasteiger partial charge in [0.2, 0.25) is 5.88 Å². The van der Waals surface area contributed by atoms with Gasteiger partial charge in [-0.05, 0) is 60.4 Å². The first-order valence-electron chi connectivity index (χ1n) is 11.7. The normalized spacial score (nSPS) is 20.2. The minimum Gasteiger partial charge on any atom is -0.497 e. The number of rotatable bonds is 2. The molecule has 3 aromatic carbocycles. The van der Waals surface area contributed by atoms with Crippen molar-refractivity contribution in [3.63, 3.8) is 0 Å². The number of ether oxygens (including phenoxy) is 1. The fourth-order valence-corrected chi connectivity index (χ4v) is 5.70. The quantitative estimate of drug-likeness (QED) is 0.386. The van der Waals surface area contributed by atoms with Crippen LogP contribution in [0.1, 0.15) is 36.6 Å². The lowest BCUT2D eigenvalue weighted by atomic mass is 9.64. The van der Waals surface area contributed by atoms with E-state index in [0.29, 0.717) is 22.4 Å². The van der Waals surface area contributed by atoms with Gasteiger partial charge in [-0.1, -0.05) is 43.7 Å². The predicted octanol–water partition coefficient (Wildman–Crippen LogP) is 6.32. The van der Waals surface area contributed by atoms with E-state index in [0.717, 1.165) is 29.2 Å². The molecule has 0 bridgehead atoms. The lowest BCUT2D eigenvalue weighted by Gasteiger charge is -2.51. The number of benzene rings is 3. The fourth-order valence-electron chi connectivity index (χ4n) is 5.70. The van der Waals surface area contributed by atoms with E-state index in [1.165, 1.54) is 5.56 Å². The smallest absolute Gasteiger partial charge is 0.209 e. The Bertz CT molecular complexity index is 1470. The Morgan fingerprint density at radius 3 is 2.62 bits per heavy atom. The van der Waals surface area contributed by atoms with Crippen molar-refractivity contribution in [1.82, 2.24) is 0 Å². The van der Waals surface area contributed by atoms with Gasteiger partial charge in [-0.15, -0.1) is 0 Å². The molecule has 0 aliphatic carbocycles. The molecule has 172 valence electrons. The predicted molar refractivity (Wildman–Crippen MR) is 137 cm³/mol. The molecule has 0 radical (unpaired) electrons. The first-order chi connectivity index (χ1) is 16.4. The summed E-state index contributed by atoms with van der Waals surface area (Å²) in [5.74, 6) is 1.60. The van der Waals surface area contributed by atoms with Crippen LogP contribution in [0.5, 0.6) is 5.75 Å². The maximum atomic E-state index is 14.0. The van der Waals surface area contributed by atoms with Crippen molar-refractivity contribution in [3.05, 3.63) is 93.6 Å². The van der Waals surface area contributed by atoms with Gasteiger partial charge in [-0.3, -0.25) is 4.79 Å². The SMILES string of the molecule is COc1ccc2c(c1)C(C)(C)[C@H]1CN(c3ccccc3)c3oc4ccc(C)cc4c(=O)c3[C@H]1N2. The lowest BCUT2D eigenvalue weighted by Crippen LogP contribution is -2.51. The molecule has 3 heterocycles. The topological polar surface area (TPSA) is 54.7 Å². The van der Waals surface area contributed by atoms with Crippen molar-refractivity contribution in [1.29, 1.82) is 0 Å². The van der Waals surface area contributed by atoms with Gasteiger partial charge in [0.05, 0.1) is 24.1 Å². The number of anilines is 3. The summed E-state index contributed by atoms with van der Waals surface area (Å²) in [6, 6.07) is 22.0. The second-order valence-corrected chi connectivity index (χ2v) is 9.96. The Kier molecular flexibility index (Phi) is 4.53. The minimum atomic E-state index is -0.210. The van der Waals surface area contributed by atoms with Gasteiger partial charge in [0.25, 0.3) is 0 Å². The van der Waals surface area contributed by atoms with Crippen LogP contribution in [0.25, 0.3) is 11.0 Å². The summed E-state index contributed by atoms with van der Waals surface area (Å²) < 4.78 is 12.0. The third-order valence-electron chi connectivity index (χ3n) is 7.63. The molecule has 5 heteroatoms. The van der Waals surface area contributed by atoms with Crippen LogP contribution in [-0.4, -0.2) is 13.7 Å². The second kappa shape index (κ2) is 7.39. The highest BCUT2D eigenvalue weighted by atomic mass is 16.5. The number of nitrogens with zero attached hydrogens (tertiary/aromatic N) is 1. The molecule has 5 nitrogen and oxygen atoms in total. The van der Waals surface area contributed by atoms with E-state index in [4.69, 9.17) is 9.15 Å². The Balaban J connectivity index is 1.63. The van der Waals surface area contributed by atoms with Crippen molar-refractivity contribution in [2.75, 3.05) is 23.9 Å². The van der Waals surface area contributed by atoms with E-state index in [1.54, 1.807) is 7.11 Å². The summed E-state index contributed by atoms with van der Waals surface area (Å²) in [4.78, 5) is 16.2. The average Bonchev–Trinajstić information content (AvgIpc) is 2.84. The van der Waals surface area contributed by atoms with Crippen LogP contribution in [0.2, 0.25) is 0 Å². The number of hydrogen-bond donors (Lipinski definition) is 1. The molecule has 2 aliphatic rings. The number of hydrogen-bond acceptors (Lipinski definition) is 5. The minimum absolute atomic E-state index is 0.0378. The van der Waals surface area contributed by atoms with E-state index >= 15 is 0 Å². The molecular formula is C29H28N2O3. The summed E-state index contributed by atoms with van der Waals surface area (Å²) in [7, 11) is 1.69. The summed E-state index contributed by atoms with van der Waals surface area (Å²) in [6.45, 7) is 7.26. The zero-order chi connectivity index (χ0) is 23.6. The molecule has 0 unspecified atom stereocenters. The fraction of sp³-hybridized carbons (Fsp3) is 0.276. The molecule has 0 saturated carbocycles. The van der Waals surface area contributed by atoms with E-state index in [9.17, 15) is 4.79 Å². The van der Waals surface area contributed by atoms with Crippen molar-refractivity contribution in [2.24, 2.45) is 5.92 Å². The van der Waals surface area contributed by atoms with Crippen LogP contribution >= 0.6 is 0 Å². The number of nitrogens with one attached hydrogen (secondary N) is 1. The number of fused-ring (bicyclic) bond motifs is 5. The molecule has 1 aromatic heterocycles. The van der Waals surface area contributed by atoms with Crippen molar-refractivity contribution < 1.29 is 9.15 Å². The maximum Gasteiger partial charge on any atom is 0.209 e. The van der Waals surface area contributed by atoms with Crippen LogP contribution in [0.15, 0.2) is 75.9 Å². The number of para-hydroxylation sites is 1. The standard InChI is InChI=1S/C29H28N2O3/c1-17-10-13-24-20(14-17)27(32)25-26-22(16-31(28(25)34-24)18-8-6-5-7-9-18)29(2,3)21-15-19(33-4)11-12-23(21)30-26/h5-15,22,26,30H,16H2,1-4H3/t22-,26-/m0/s1. The highest BCUT2D eigenvalue weighted by molar-refractivity contribution is 5.82. The number of aryl methyl sites for hydroxylation is 1. The van der Waals surface area contributed by atoms with Gasteiger partial charge < -0.3 is 19.4 Å². The van der Waals surface area contributed by atoms with Crippen LogP contribution in [0.3, 0.4) is 0 Å². The van der Waals surface area contributed by atoms with Gasteiger partial charge in [0.1, 0.15) is 11.3 Å². The maximum absolute atomic E-state index is 14.0.